The van der Waals surface area contributed by atoms with Gasteiger partial charge in [0.05, 0.1) is 0 Å². The lowest BCUT2D eigenvalue weighted by Crippen LogP contribution is -2.37. The van der Waals surface area contributed by atoms with E-state index < -0.39 is 20.6 Å². The SMILES string of the molecule is C=CC(=O)OC(CCC)O[Si](C)(C)CCC. The maximum Gasteiger partial charge on any atom is 0.332 e. The lowest BCUT2D eigenvalue weighted by atomic mass is 10.3. The third-order valence-electron chi connectivity index (χ3n) is 2.24. The lowest BCUT2D eigenvalue weighted by molar-refractivity contribution is -0.159. The Kier molecular flexibility index (Phi) is 7.33. The Hall–Kier alpha value is -0.613. The Bertz CT molecular complexity index is 226. The molecule has 0 rings (SSSR count). The molecule has 0 aliphatic rings. The zero-order valence-electron chi connectivity index (χ0n) is 10.9. The van der Waals surface area contributed by atoms with E-state index in [1.165, 1.54) is 6.08 Å². The van der Waals surface area contributed by atoms with E-state index >= 15 is 0 Å². The standard InChI is InChI=1S/C12H24O3Si/c1-6-9-12(14-11(13)8-3)15-16(4,5)10-7-2/h8,12H,3,6-7,9-10H2,1-2,4-5H3. The molecule has 0 radical (unpaired) electrons. The molecule has 3 nitrogen and oxygen atoms in total. The maximum absolute atomic E-state index is 11.1. The highest BCUT2D eigenvalue weighted by molar-refractivity contribution is 6.71. The number of carbonyl (C=O) groups excluding carboxylic acids is 1. The predicted octanol–water partition coefficient (Wildman–Crippen LogP) is 3.47. The van der Waals surface area contributed by atoms with Crippen molar-refractivity contribution in [3.05, 3.63) is 12.7 Å². The zero-order valence-corrected chi connectivity index (χ0v) is 11.9. The number of hydrogen-bond donors (Lipinski definition) is 0. The molecule has 0 aromatic carbocycles. The van der Waals surface area contributed by atoms with E-state index in [9.17, 15) is 4.79 Å². The number of esters is 1. The molecule has 16 heavy (non-hydrogen) atoms. The molecule has 0 amide bonds. The molecule has 0 fully saturated rings. The van der Waals surface area contributed by atoms with Gasteiger partial charge in [-0.15, -0.1) is 0 Å². The summed E-state index contributed by atoms with van der Waals surface area (Å²) >= 11 is 0. The van der Waals surface area contributed by atoms with Gasteiger partial charge in [0.1, 0.15) is 0 Å². The molecule has 4 heteroatoms. The summed E-state index contributed by atoms with van der Waals surface area (Å²) in [5.41, 5.74) is 0. The molecule has 0 aliphatic heterocycles. The highest BCUT2D eigenvalue weighted by atomic mass is 28.4. The lowest BCUT2D eigenvalue weighted by Gasteiger charge is -2.28. The Morgan fingerprint density at radius 2 is 2.00 bits per heavy atom. The van der Waals surface area contributed by atoms with Crippen LogP contribution in [0.2, 0.25) is 19.1 Å². The second-order valence-corrected chi connectivity index (χ2v) is 8.74. The van der Waals surface area contributed by atoms with Gasteiger partial charge in [0.2, 0.25) is 0 Å². The van der Waals surface area contributed by atoms with Crippen molar-refractivity contribution in [1.29, 1.82) is 0 Å². The summed E-state index contributed by atoms with van der Waals surface area (Å²) < 4.78 is 11.1. The van der Waals surface area contributed by atoms with Crippen molar-refractivity contribution in [3.63, 3.8) is 0 Å². The van der Waals surface area contributed by atoms with Gasteiger partial charge in [-0.05, 0) is 19.1 Å². The van der Waals surface area contributed by atoms with E-state index in [4.69, 9.17) is 9.16 Å². The average Bonchev–Trinajstić information content (AvgIpc) is 2.16. The Morgan fingerprint density at radius 3 is 2.44 bits per heavy atom. The summed E-state index contributed by atoms with van der Waals surface area (Å²) in [5, 5.41) is 0. The summed E-state index contributed by atoms with van der Waals surface area (Å²) in [7, 11) is -1.69. The fraction of sp³-hybridized carbons (Fsp3) is 0.750. The van der Waals surface area contributed by atoms with E-state index in [1.807, 2.05) is 6.92 Å². The summed E-state index contributed by atoms with van der Waals surface area (Å²) in [4.78, 5) is 11.1. The van der Waals surface area contributed by atoms with Gasteiger partial charge >= 0.3 is 5.97 Å². The van der Waals surface area contributed by atoms with Gasteiger partial charge in [0.25, 0.3) is 0 Å². The summed E-state index contributed by atoms with van der Waals surface area (Å²) in [6, 6.07) is 1.08. The van der Waals surface area contributed by atoms with E-state index in [2.05, 4.69) is 26.6 Å². The molecule has 0 aliphatic carbocycles. The number of rotatable bonds is 8. The summed E-state index contributed by atoms with van der Waals surface area (Å²) in [6.07, 6.45) is 3.57. The first-order chi connectivity index (χ1) is 7.45. The van der Waals surface area contributed by atoms with Crippen LogP contribution < -0.4 is 0 Å². The van der Waals surface area contributed by atoms with Crippen molar-refractivity contribution < 1.29 is 14.0 Å². The van der Waals surface area contributed by atoms with Crippen molar-refractivity contribution >= 4 is 14.3 Å². The van der Waals surface area contributed by atoms with Crippen LogP contribution >= 0.6 is 0 Å². The van der Waals surface area contributed by atoms with Crippen molar-refractivity contribution in [1.82, 2.24) is 0 Å². The minimum absolute atomic E-state index is 0.399. The summed E-state index contributed by atoms with van der Waals surface area (Å²) in [6.45, 7) is 11.9. The number of hydrogen-bond acceptors (Lipinski definition) is 3. The molecule has 0 aromatic rings. The molecule has 1 unspecified atom stereocenters. The first-order valence-electron chi connectivity index (χ1n) is 5.96. The minimum Gasteiger partial charge on any atom is -0.434 e. The van der Waals surface area contributed by atoms with Gasteiger partial charge in [0, 0.05) is 12.5 Å². The molecular weight excluding hydrogens is 220 g/mol. The third-order valence-corrected chi connectivity index (χ3v) is 4.85. The Morgan fingerprint density at radius 1 is 1.38 bits per heavy atom. The van der Waals surface area contributed by atoms with Crippen molar-refractivity contribution in [3.8, 4) is 0 Å². The average molecular weight is 244 g/mol. The van der Waals surface area contributed by atoms with Crippen LogP contribution in [-0.2, 0) is 14.0 Å². The maximum atomic E-state index is 11.1. The van der Waals surface area contributed by atoms with Gasteiger partial charge < -0.3 is 9.16 Å². The number of carbonyl (C=O) groups is 1. The monoisotopic (exact) mass is 244 g/mol. The van der Waals surface area contributed by atoms with Crippen LogP contribution in [0.5, 0.6) is 0 Å². The smallest absolute Gasteiger partial charge is 0.332 e. The molecule has 1 atom stereocenters. The second kappa shape index (κ2) is 7.63. The van der Waals surface area contributed by atoms with E-state index in [0.29, 0.717) is 0 Å². The molecular formula is C12H24O3Si. The van der Waals surface area contributed by atoms with Crippen LogP contribution in [-0.4, -0.2) is 20.6 Å². The Balaban J connectivity index is 4.30. The zero-order chi connectivity index (χ0) is 12.6. The minimum atomic E-state index is -1.69. The Labute approximate surface area is 100.0 Å². The topological polar surface area (TPSA) is 35.5 Å². The van der Waals surface area contributed by atoms with E-state index in [-0.39, 0.29) is 0 Å². The van der Waals surface area contributed by atoms with Crippen LogP contribution in [0.15, 0.2) is 12.7 Å². The molecule has 0 saturated heterocycles. The van der Waals surface area contributed by atoms with Crippen LogP contribution in [0.1, 0.15) is 33.1 Å². The molecule has 0 N–H and O–H groups in total. The molecule has 0 bridgehead atoms. The van der Waals surface area contributed by atoms with Crippen LogP contribution in [0.4, 0.5) is 0 Å². The van der Waals surface area contributed by atoms with Gasteiger partial charge in [-0.25, -0.2) is 4.79 Å². The van der Waals surface area contributed by atoms with Gasteiger partial charge in [-0.3, -0.25) is 0 Å². The largest absolute Gasteiger partial charge is 0.434 e. The van der Waals surface area contributed by atoms with Gasteiger partial charge in [-0.2, -0.15) is 0 Å². The van der Waals surface area contributed by atoms with Crippen molar-refractivity contribution in [2.45, 2.75) is 58.5 Å². The summed E-state index contributed by atoms with van der Waals surface area (Å²) in [5.74, 6) is -0.403. The number of ether oxygens (including phenoxy) is 1. The first-order valence-corrected chi connectivity index (χ1v) is 9.07. The van der Waals surface area contributed by atoms with Gasteiger partial charge in [-0.1, -0.05) is 33.3 Å². The normalized spacial score (nSPS) is 13.2. The fourth-order valence-corrected chi connectivity index (χ4v) is 3.77. The third kappa shape index (κ3) is 6.79. The fourth-order valence-electron chi connectivity index (χ4n) is 1.57. The molecule has 0 heterocycles. The highest BCUT2D eigenvalue weighted by Gasteiger charge is 2.26. The first kappa shape index (κ1) is 15.4. The van der Waals surface area contributed by atoms with Crippen LogP contribution in [0.25, 0.3) is 0 Å². The molecule has 94 valence electrons. The second-order valence-electron chi connectivity index (χ2n) is 4.49. The quantitative estimate of drug-likeness (QED) is 0.284. The van der Waals surface area contributed by atoms with Crippen molar-refractivity contribution in [2.24, 2.45) is 0 Å². The predicted molar refractivity (Wildman–Crippen MR) is 68.7 cm³/mol. The van der Waals surface area contributed by atoms with E-state index in [1.54, 1.807) is 0 Å². The van der Waals surface area contributed by atoms with Crippen LogP contribution in [0, 0.1) is 0 Å². The van der Waals surface area contributed by atoms with E-state index in [0.717, 1.165) is 25.3 Å². The molecule has 0 saturated carbocycles. The van der Waals surface area contributed by atoms with Crippen LogP contribution in [0.3, 0.4) is 0 Å². The molecule has 0 aromatic heterocycles. The highest BCUT2D eigenvalue weighted by Crippen LogP contribution is 2.18. The van der Waals surface area contributed by atoms with Gasteiger partial charge in [0.15, 0.2) is 14.6 Å². The van der Waals surface area contributed by atoms with Crippen molar-refractivity contribution in [2.75, 3.05) is 0 Å². The molecule has 0 spiro atoms.